The summed E-state index contributed by atoms with van der Waals surface area (Å²) in [5.74, 6) is 0. The quantitative estimate of drug-likeness (QED) is 0.779. The van der Waals surface area contributed by atoms with Crippen LogP contribution in [0, 0.1) is 0 Å². The molecule has 0 aliphatic carbocycles. The van der Waals surface area contributed by atoms with Crippen molar-refractivity contribution in [3.8, 4) is 0 Å². The first-order chi connectivity index (χ1) is 10.3. The number of fused-ring (bicyclic) bond motifs is 1. The van der Waals surface area contributed by atoms with Gasteiger partial charge in [0.1, 0.15) is 0 Å². The monoisotopic (exact) mass is 280 g/mol. The summed E-state index contributed by atoms with van der Waals surface area (Å²) in [6.45, 7) is 5.93. The van der Waals surface area contributed by atoms with Crippen molar-refractivity contribution < 1.29 is 0 Å². The van der Waals surface area contributed by atoms with Crippen LogP contribution in [0.1, 0.15) is 31.1 Å². The van der Waals surface area contributed by atoms with E-state index in [4.69, 9.17) is 5.10 Å². The number of hydrogen-bond acceptors (Lipinski definition) is 3. The second kappa shape index (κ2) is 6.06. The molecule has 2 heterocycles. The van der Waals surface area contributed by atoms with Crippen molar-refractivity contribution in [2.45, 2.75) is 33.0 Å². The van der Waals surface area contributed by atoms with Gasteiger partial charge in [0.05, 0.1) is 11.2 Å². The van der Waals surface area contributed by atoms with Crippen molar-refractivity contribution in [1.82, 2.24) is 20.1 Å². The van der Waals surface area contributed by atoms with Gasteiger partial charge in [-0.15, -0.1) is 0 Å². The molecule has 0 amide bonds. The molecular weight excluding hydrogens is 260 g/mol. The maximum Gasteiger partial charge on any atom is 0.0841 e. The number of rotatable bonds is 5. The number of pyridine rings is 1. The van der Waals surface area contributed by atoms with Gasteiger partial charge in [-0.05, 0) is 37.6 Å². The average Bonchev–Trinajstić information content (AvgIpc) is 2.91. The zero-order valence-electron chi connectivity index (χ0n) is 12.5. The normalized spacial score (nSPS) is 12.7. The molecule has 4 heteroatoms. The fourth-order valence-corrected chi connectivity index (χ4v) is 2.59. The lowest BCUT2D eigenvalue weighted by Gasteiger charge is -2.13. The summed E-state index contributed by atoms with van der Waals surface area (Å²) in [6, 6.07) is 12.8. The highest BCUT2D eigenvalue weighted by Gasteiger charge is 2.10. The third-order valence-electron chi connectivity index (χ3n) is 3.82. The van der Waals surface area contributed by atoms with E-state index < -0.39 is 0 Å². The Balaban J connectivity index is 1.79. The van der Waals surface area contributed by atoms with E-state index in [0.29, 0.717) is 0 Å². The average molecular weight is 280 g/mol. The van der Waals surface area contributed by atoms with Crippen LogP contribution in [0.15, 0.2) is 48.8 Å². The Hall–Kier alpha value is -2.20. The van der Waals surface area contributed by atoms with E-state index in [-0.39, 0.29) is 6.04 Å². The van der Waals surface area contributed by atoms with Crippen LogP contribution in [0.4, 0.5) is 0 Å². The van der Waals surface area contributed by atoms with Crippen LogP contribution in [0.5, 0.6) is 0 Å². The summed E-state index contributed by atoms with van der Waals surface area (Å²) in [7, 11) is 0. The molecule has 0 spiro atoms. The van der Waals surface area contributed by atoms with Crippen LogP contribution in [0.2, 0.25) is 0 Å². The number of para-hydroxylation sites is 1. The number of aromatic nitrogens is 3. The minimum atomic E-state index is 0.276. The van der Waals surface area contributed by atoms with E-state index in [1.165, 1.54) is 16.5 Å². The number of aryl methyl sites for hydroxylation is 1. The van der Waals surface area contributed by atoms with E-state index in [1.54, 1.807) is 0 Å². The fraction of sp³-hybridized carbons (Fsp3) is 0.294. The Labute approximate surface area is 124 Å². The molecule has 21 heavy (non-hydrogen) atoms. The van der Waals surface area contributed by atoms with Gasteiger partial charge in [-0.1, -0.05) is 18.2 Å². The van der Waals surface area contributed by atoms with Crippen LogP contribution in [0.3, 0.4) is 0 Å². The lowest BCUT2D eigenvalue weighted by Crippen LogP contribution is -2.18. The van der Waals surface area contributed by atoms with Crippen LogP contribution >= 0.6 is 0 Å². The van der Waals surface area contributed by atoms with Gasteiger partial charge in [-0.3, -0.25) is 9.67 Å². The molecule has 0 radical (unpaired) electrons. The SMILES string of the molecule is CCn1nc(CN[C@H](C)c2ccncc2)c2ccccc21. The minimum absolute atomic E-state index is 0.276. The second-order valence-corrected chi connectivity index (χ2v) is 5.16. The first-order valence-electron chi connectivity index (χ1n) is 7.37. The molecule has 3 aromatic rings. The van der Waals surface area contributed by atoms with E-state index in [0.717, 1.165) is 18.8 Å². The number of nitrogens with zero attached hydrogens (tertiary/aromatic N) is 3. The molecule has 1 aromatic carbocycles. The van der Waals surface area contributed by atoms with Gasteiger partial charge < -0.3 is 5.32 Å². The zero-order valence-corrected chi connectivity index (χ0v) is 12.5. The van der Waals surface area contributed by atoms with Crippen molar-refractivity contribution in [1.29, 1.82) is 0 Å². The van der Waals surface area contributed by atoms with Crippen molar-refractivity contribution in [2.75, 3.05) is 0 Å². The molecule has 108 valence electrons. The highest BCUT2D eigenvalue weighted by atomic mass is 15.3. The summed E-state index contributed by atoms with van der Waals surface area (Å²) in [5.41, 5.74) is 3.55. The number of benzene rings is 1. The first kappa shape index (κ1) is 13.8. The van der Waals surface area contributed by atoms with Gasteiger partial charge >= 0.3 is 0 Å². The standard InChI is InChI=1S/C17H20N4/c1-3-21-17-7-5-4-6-15(17)16(20-21)12-19-13(2)14-8-10-18-11-9-14/h4-11,13,19H,3,12H2,1-2H3/t13-/m1/s1. The van der Waals surface area contributed by atoms with Crippen molar-refractivity contribution in [3.63, 3.8) is 0 Å². The molecule has 3 rings (SSSR count). The van der Waals surface area contributed by atoms with Gasteiger partial charge in [-0.2, -0.15) is 5.10 Å². The molecule has 0 unspecified atom stereocenters. The van der Waals surface area contributed by atoms with E-state index in [2.05, 4.69) is 53.1 Å². The Morgan fingerprint density at radius 3 is 2.67 bits per heavy atom. The minimum Gasteiger partial charge on any atom is -0.304 e. The molecule has 0 saturated heterocycles. The van der Waals surface area contributed by atoms with Gasteiger partial charge in [-0.25, -0.2) is 0 Å². The summed E-state index contributed by atoms with van der Waals surface area (Å²) in [4.78, 5) is 4.06. The Morgan fingerprint density at radius 2 is 1.90 bits per heavy atom. The van der Waals surface area contributed by atoms with Gasteiger partial charge in [0.15, 0.2) is 0 Å². The van der Waals surface area contributed by atoms with Gasteiger partial charge in [0.25, 0.3) is 0 Å². The highest BCUT2D eigenvalue weighted by molar-refractivity contribution is 5.81. The molecule has 0 bridgehead atoms. The van der Waals surface area contributed by atoms with E-state index in [9.17, 15) is 0 Å². The third kappa shape index (κ3) is 2.81. The Kier molecular flexibility index (Phi) is 3.97. The van der Waals surface area contributed by atoms with E-state index >= 15 is 0 Å². The molecule has 0 aliphatic heterocycles. The van der Waals surface area contributed by atoms with Gasteiger partial charge in [0, 0.05) is 36.9 Å². The molecule has 1 atom stereocenters. The predicted octanol–water partition coefficient (Wildman–Crippen LogP) is 3.30. The topological polar surface area (TPSA) is 42.7 Å². The molecule has 0 aliphatic rings. The number of hydrogen-bond donors (Lipinski definition) is 1. The summed E-state index contributed by atoms with van der Waals surface area (Å²) in [6.07, 6.45) is 3.66. The Bertz CT molecular complexity index is 718. The number of nitrogens with one attached hydrogen (secondary N) is 1. The lowest BCUT2D eigenvalue weighted by molar-refractivity contribution is 0.558. The van der Waals surface area contributed by atoms with Crippen molar-refractivity contribution in [3.05, 3.63) is 60.0 Å². The second-order valence-electron chi connectivity index (χ2n) is 5.16. The van der Waals surface area contributed by atoms with Crippen molar-refractivity contribution in [2.24, 2.45) is 0 Å². The maximum atomic E-state index is 4.72. The lowest BCUT2D eigenvalue weighted by atomic mass is 10.1. The van der Waals surface area contributed by atoms with Crippen LogP contribution in [-0.4, -0.2) is 14.8 Å². The third-order valence-corrected chi connectivity index (χ3v) is 3.82. The molecule has 1 N–H and O–H groups in total. The first-order valence-corrected chi connectivity index (χ1v) is 7.37. The van der Waals surface area contributed by atoms with Crippen LogP contribution < -0.4 is 5.32 Å². The summed E-state index contributed by atoms with van der Waals surface area (Å²) in [5, 5.41) is 9.49. The van der Waals surface area contributed by atoms with E-state index in [1.807, 2.05) is 24.5 Å². The molecule has 4 nitrogen and oxygen atoms in total. The van der Waals surface area contributed by atoms with Crippen molar-refractivity contribution >= 4 is 10.9 Å². The molecular formula is C17H20N4. The summed E-state index contributed by atoms with van der Waals surface area (Å²) < 4.78 is 2.06. The highest BCUT2D eigenvalue weighted by Crippen LogP contribution is 2.19. The largest absolute Gasteiger partial charge is 0.304 e. The summed E-state index contributed by atoms with van der Waals surface area (Å²) >= 11 is 0. The molecule has 0 fully saturated rings. The fourth-order valence-electron chi connectivity index (χ4n) is 2.59. The Morgan fingerprint density at radius 1 is 1.14 bits per heavy atom. The maximum absolute atomic E-state index is 4.72. The van der Waals surface area contributed by atoms with Crippen LogP contribution in [0.25, 0.3) is 10.9 Å². The predicted molar refractivity (Wildman–Crippen MR) is 84.9 cm³/mol. The zero-order chi connectivity index (χ0) is 14.7. The van der Waals surface area contributed by atoms with Crippen LogP contribution in [-0.2, 0) is 13.1 Å². The smallest absolute Gasteiger partial charge is 0.0841 e. The molecule has 2 aromatic heterocycles. The molecule has 0 saturated carbocycles. The van der Waals surface area contributed by atoms with Gasteiger partial charge in [0.2, 0.25) is 0 Å².